The third-order valence-electron chi connectivity index (χ3n) is 4.52. The van der Waals surface area contributed by atoms with E-state index in [2.05, 4.69) is 4.72 Å². The molecule has 1 N–H and O–H groups in total. The maximum absolute atomic E-state index is 13.2. The molecule has 2 aromatic carbocycles. The molecule has 2 aromatic rings. The summed E-state index contributed by atoms with van der Waals surface area (Å²) in [6.45, 7) is 3.46. The molecule has 0 aliphatic carbocycles. The van der Waals surface area contributed by atoms with Crippen molar-refractivity contribution in [2.75, 3.05) is 12.4 Å². The Bertz CT molecular complexity index is 981. The van der Waals surface area contributed by atoms with Gasteiger partial charge >= 0.3 is 47.4 Å². The van der Waals surface area contributed by atoms with Crippen LogP contribution < -0.4 is 15.3 Å². The Morgan fingerprint density at radius 3 is 1.59 bits per heavy atom. The molecule has 1 atom stereocenters. The molecule has 0 aliphatic heterocycles. The van der Waals surface area contributed by atoms with E-state index in [0.29, 0.717) is 0 Å². The van der Waals surface area contributed by atoms with E-state index in [1.807, 2.05) is 0 Å². The van der Waals surface area contributed by atoms with Crippen molar-refractivity contribution in [2.45, 2.75) is 32.2 Å². The van der Waals surface area contributed by atoms with Gasteiger partial charge in [-0.15, -0.1) is 0 Å². The van der Waals surface area contributed by atoms with Crippen LogP contribution in [0.25, 0.3) is 0 Å². The van der Waals surface area contributed by atoms with Gasteiger partial charge in [0.1, 0.15) is 0 Å². The van der Waals surface area contributed by atoms with E-state index in [-0.39, 0.29) is 38.6 Å². The topological polar surface area (TPSA) is 46.2 Å². The Kier molecular flexibility index (Phi) is 12.3. The third kappa shape index (κ3) is 10.7. The normalized spacial score (nSPS) is 13.7. The van der Waals surface area contributed by atoms with Crippen LogP contribution in [0.2, 0.25) is 0 Å². The minimum atomic E-state index is -4.62. The fraction of sp³-hybridized carbons (Fsp3) is 0.400. The van der Waals surface area contributed by atoms with Gasteiger partial charge in [0.05, 0.1) is 17.4 Å². The van der Waals surface area contributed by atoms with Gasteiger partial charge in [0.25, 0.3) is 0 Å². The second kappa shape index (κ2) is 13.2. The minimum absolute atomic E-state index is 0.0443. The van der Waals surface area contributed by atoms with Crippen LogP contribution in [-0.2, 0) is 38.3 Å². The van der Waals surface area contributed by atoms with Gasteiger partial charge in [-0.25, -0.2) is 13.1 Å². The Hall–Kier alpha value is -0.398. The third-order valence-corrected chi connectivity index (χ3v) is 7.81. The van der Waals surface area contributed by atoms with Crippen molar-refractivity contribution in [1.82, 2.24) is 4.72 Å². The predicted molar refractivity (Wildman–Crippen MR) is 122 cm³/mol. The first kappa shape index (κ1) is 31.6. The Morgan fingerprint density at radius 1 is 0.912 bits per heavy atom. The van der Waals surface area contributed by atoms with Gasteiger partial charge in [-0.1, -0.05) is 38.1 Å². The molecular formula is C20H22Cl2F6NO2PPdS. The molecule has 0 heterocycles. The van der Waals surface area contributed by atoms with Gasteiger partial charge in [0.2, 0.25) is 10.0 Å². The standard InChI is InChI=1S/C20H22F6NO2PS.2ClH.Pd/c1-13(2)18(27-31(3,28)29)12-30(16-8-4-6-14(10-16)19(21,22)23)17-9-5-7-15(11-17)20(24,25)26;;;/h4-11,13,18,27H,12H2,1-3H3;2*1H;/q;;;+2/p-2/t18-;;;/m1.../s1. The first-order chi connectivity index (χ1) is 15.5. The van der Waals surface area contributed by atoms with Crippen molar-refractivity contribution in [3.8, 4) is 0 Å². The zero-order valence-electron chi connectivity index (χ0n) is 18.0. The summed E-state index contributed by atoms with van der Waals surface area (Å²) in [6.07, 6.45) is -8.23. The SMILES string of the molecule is CC(C)[C@@H](CP(c1cccc(C(F)(F)F)c1)c1cccc(C(F)(F)F)c1)NS(C)(=O)=O.[Cl][Pd][Cl]. The summed E-state index contributed by atoms with van der Waals surface area (Å²) in [5.41, 5.74) is -1.83. The van der Waals surface area contributed by atoms with Crippen LogP contribution in [0.15, 0.2) is 48.5 Å². The Balaban J connectivity index is 0.00000182. The van der Waals surface area contributed by atoms with Crippen LogP contribution in [0.5, 0.6) is 0 Å². The summed E-state index contributed by atoms with van der Waals surface area (Å²) in [5, 5.41) is 0.426. The Morgan fingerprint density at radius 2 is 1.29 bits per heavy atom. The maximum atomic E-state index is 13.2. The summed E-state index contributed by atoms with van der Waals surface area (Å²) < 4.78 is 105. The van der Waals surface area contributed by atoms with Crippen LogP contribution in [-0.4, -0.2) is 26.9 Å². The van der Waals surface area contributed by atoms with Gasteiger partial charge < -0.3 is 0 Å². The second-order valence-electron chi connectivity index (χ2n) is 7.49. The molecule has 0 fully saturated rings. The number of rotatable bonds is 7. The molecule has 0 radical (unpaired) electrons. The van der Waals surface area contributed by atoms with Gasteiger partial charge in [-0.3, -0.25) is 0 Å². The molecule has 2 rings (SSSR count). The van der Waals surface area contributed by atoms with E-state index in [0.717, 1.165) is 30.5 Å². The van der Waals surface area contributed by atoms with Crippen molar-refractivity contribution >= 4 is 47.6 Å². The van der Waals surface area contributed by atoms with Crippen molar-refractivity contribution in [3.63, 3.8) is 0 Å². The van der Waals surface area contributed by atoms with E-state index in [1.165, 1.54) is 24.3 Å². The number of alkyl halides is 6. The van der Waals surface area contributed by atoms with Crippen molar-refractivity contribution < 1.29 is 50.7 Å². The van der Waals surface area contributed by atoms with Crippen LogP contribution in [0.1, 0.15) is 25.0 Å². The predicted octanol–water partition coefficient (Wildman–Crippen LogP) is 6.11. The van der Waals surface area contributed by atoms with E-state index in [9.17, 15) is 34.8 Å². The van der Waals surface area contributed by atoms with E-state index < -0.39 is 47.5 Å². The van der Waals surface area contributed by atoms with Crippen LogP contribution in [0, 0.1) is 5.92 Å². The number of hydrogen-bond acceptors (Lipinski definition) is 2. The van der Waals surface area contributed by atoms with Gasteiger partial charge in [0.15, 0.2) is 0 Å². The molecule has 0 bridgehead atoms. The van der Waals surface area contributed by atoms with Crippen molar-refractivity contribution in [2.24, 2.45) is 5.92 Å². The first-order valence-corrected chi connectivity index (χ1v) is 16.8. The first-order valence-electron chi connectivity index (χ1n) is 9.41. The zero-order valence-corrected chi connectivity index (χ0v) is 22.8. The van der Waals surface area contributed by atoms with Gasteiger partial charge in [0, 0.05) is 6.04 Å². The molecule has 0 amide bonds. The molecule has 3 nitrogen and oxygen atoms in total. The van der Waals surface area contributed by atoms with E-state index >= 15 is 0 Å². The quantitative estimate of drug-likeness (QED) is 0.221. The van der Waals surface area contributed by atoms with E-state index in [1.54, 1.807) is 13.8 Å². The molecule has 196 valence electrons. The average molecular weight is 663 g/mol. The molecular weight excluding hydrogens is 641 g/mol. The van der Waals surface area contributed by atoms with Crippen LogP contribution in [0.4, 0.5) is 26.3 Å². The summed E-state index contributed by atoms with van der Waals surface area (Å²) in [4.78, 5) is 0. The summed E-state index contributed by atoms with van der Waals surface area (Å²) in [5.74, 6) is -0.240. The number of sulfonamides is 1. The summed E-state index contributed by atoms with van der Waals surface area (Å²) >= 11 is -0.106. The van der Waals surface area contributed by atoms with Crippen molar-refractivity contribution in [3.05, 3.63) is 59.7 Å². The molecule has 0 unspecified atom stereocenters. The molecule has 34 heavy (non-hydrogen) atoms. The van der Waals surface area contributed by atoms with Crippen LogP contribution in [0.3, 0.4) is 0 Å². The Labute approximate surface area is 212 Å². The summed E-state index contributed by atoms with van der Waals surface area (Å²) in [6, 6.07) is 8.21. The average Bonchev–Trinajstić information content (AvgIpc) is 2.69. The van der Waals surface area contributed by atoms with Gasteiger partial charge in [-0.05, 0) is 54.9 Å². The molecule has 14 heteroatoms. The fourth-order valence-electron chi connectivity index (χ4n) is 2.92. The monoisotopic (exact) mass is 661 g/mol. The van der Waals surface area contributed by atoms with Crippen molar-refractivity contribution in [1.29, 1.82) is 0 Å². The fourth-order valence-corrected chi connectivity index (χ4v) is 6.69. The van der Waals surface area contributed by atoms with Gasteiger partial charge in [-0.2, -0.15) is 26.3 Å². The molecule has 0 aliphatic rings. The van der Waals surface area contributed by atoms with Crippen LogP contribution >= 0.6 is 27.0 Å². The molecule has 0 spiro atoms. The second-order valence-corrected chi connectivity index (χ2v) is 13.9. The molecule has 0 aromatic heterocycles. The number of benzene rings is 2. The molecule has 0 saturated carbocycles. The van der Waals surface area contributed by atoms with E-state index in [4.69, 9.17) is 19.1 Å². The molecule has 0 saturated heterocycles. The zero-order chi connectivity index (χ0) is 26.3. The number of nitrogens with one attached hydrogen (secondary N) is 1. The number of hydrogen-bond donors (Lipinski definition) is 1. The number of halogens is 8. The summed E-state index contributed by atoms with van der Waals surface area (Å²) in [7, 11) is 4.26.